The van der Waals surface area contributed by atoms with Crippen LogP contribution in [0, 0.1) is 0 Å². The van der Waals surface area contributed by atoms with Crippen LogP contribution in [0.1, 0.15) is 13.8 Å². The molecule has 1 saturated heterocycles. The van der Waals surface area contributed by atoms with Gasteiger partial charge in [-0.1, -0.05) is 0 Å². The number of hydrogen-bond acceptors (Lipinski definition) is 6. The van der Waals surface area contributed by atoms with Gasteiger partial charge >= 0.3 is 6.03 Å². The normalized spacial score (nSPS) is 21.7. The molecule has 1 aromatic heterocycles. The molecule has 2 rings (SSSR count). The van der Waals surface area contributed by atoms with E-state index in [1.54, 1.807) is 18.5 Å². The molecule has 8 nitrogen and oxygen atoms in total. The lowest BCUT2D eigenvalue weighted by atomic mass is 10.2. The number of urea groups is 1. The monoisotopic (exact) mass is 322 g/mol. The average Bonchev–Trinajstić information content (AvgIpc) is 2.52. The van der Waals surface area contributed by atoms with Crippen molar-refractivity contribution >= 4 is 12.0 Å². The second-order valence-corrected chi connectivity index (χ2v) is 5.70. The van der Waals surface area contributed by atoms with Crippen LogP contribution in [-0.4, -0.2) is 72.4 Å². The molecule has 8 heteroatoms. The molecule has 3 N–H and O–H groups in total. The van der Waals surface area contributed by atoms with Crippen molar-refractivity contribution in [1.82, 2.24) is 25.5 Å². The van der Waals surface area contributed by atoms with Crippen molar-refractivity contribution in [2.75, 3.05) is 44.6 Å². The third-order valence-electron chi connectivity index (χ3n) is 3.47. The number of hydrogen-bond donors (Lipinski definition) is 3. The Morgan fingerprint density at radius 3 is 2.52 bits per heavy atom. The fourth-order valence-corrected chi connectivity index (χ4v) is 2.60. The summed E-state index contributed by atoms with van der Waals surface area (Å²) in [6, 6.07) is 1.60. The zero-order valence-corrected chi connectivity index (χ0v) is 13.8. The van der Waals surface area contributed by atoms with E-state index in [0.29, 0.717) is 25.6 Å². The van der Waals surface area contributed by atoms with E-state index in [4.69, 9.17) is 4.74 Å². The second kappa shape index (κ2) is 9.26. The summed E-state index contributed by atoms with van der Waals surface area (Å²) in [7, 11) is 0. The number of carbonyl (C=O) groups excluding carboxylic acids is 1. The Hall–Kier alpha value is -1.93. The highest BCUT2D eigenvalue weighted by Gasteiger charge is 2.21. The zero-order chi connectivity index (χ0) is 16.5. The van der Waals surface area contributed by atoms with Gasteiger partial charge in [-0.3, -0.25) is 4.90 Å². The van der Waals surface area contributed by atoms with Gasteiger partial charge in [-0.25, -0.2) is 14.8 Å². The van der Waals surface area contributed by atoms with E-state index in [1.807, 2.05) is 0 Å². The summed E-state index contributed by atoms with van der Waals surface area (Å²) in [5, 5.41) is 8.69. The van der Waals surface area contributed by atoms with Crippen LogP contribution in [0.2, 0.25) is 0 Å². The third kappa shape index (κ3) is 6.79. The summed E-state index contributed by atoms with van der Waals surface area (Å²) >= 11 is 0. The van der Waals surface area contributed by atoms with Crippen molar-refractivity contribution in [1.29, 1.82) is 0 Å². The van der Waals surface area contributed by atoms with Gasteiger partial charge in [0.1, 0.15) is 0 Å². The molecule has 2 heterocycles. The Balaban J connectivity index is 1.51. The average molecular weight is 322 g/mol. The van der Waals surface area contributed by atoms with Crippen molar-refractivity contribution in [2.24, 2.45) is 0 Å². The number of nitrogens with zero attached hydrogens (tertiary/aromatic N) is 3. The van der Waals surface area contributed by atoms with Crippen LogP contribution in [0.5, 0.6) is 0 Å². The molecule has 2 amide bonds. The first kappa shape index (κ1) is 17.4. The first-order valence-electron chi connectivity index (χ1n) is 8.04. The van der Waals surface area contributed by atoms with Crippen LogP contribution in [-0.2, 0) is 4.74 Å². The van der Waals surface area contributed by atoms with Crippen molar-refractivity contribution in [2.45, 2.75) is 26.1 Å². The molecule has 0 spiro atoms. The maximum absolute atomic E-state index is 11.7. The molecule has 2 unspecified atom stereocenters. The van der Waals surface area contributed by atoms with Crippen LogP contribution in [0.4, 0.5) is 10.7 Å². The number of ether oxygens (including phenoxy) is 1. The minimum Gasteiger partial charge on any atom is -0.373 e. The molecule has 0 bridgehead atoms. The number of aromatic nitrogens is 2. The van der Waals surface area contributed by atoms with Gasteiger partial charge < -0.3 is 20.7 Å². The van der Waals surface area contributed by atoms with Crippen LogP contribution in [0.15, 0.2) is 18.5 Å². The lowest BCUT2D eigenvalue weighted by molar-refractivity contribution is -0.0672. The molecular formula is C15H26N6O2. The molecule has 0 saturated carbocycles. The number of amides is 2. The minimum atomic E-state index is -0.157. The van der Waals surface area contributed by atoms with Gasteiger partial charge in [0.2, 0.25) is 5.95 Å². The summed E-state index contributed by atoms with van der Waals surface area (Å²) in [5.41, 5.74) is 0. The molecule has 128 valence electrons. The number of rotatable bonds is 7. The Kier molecular flexibility index (Phi) is 7.02. The zero-order valence-electron chi connectivity index (χ0n) is 13.8. The van der Waals surface area contributed by atoms with Crippen LogP contribution >= 0.6 is 0 Å². The quantitative estimate of drug-likeness (QED) is 0.625. The highest BCUT2D eigenvalue weighted by Crippen LogP contribution is 2.09. The largest absolute Gasteiger partial charge is 0.373 e. The van der Waals surface area contributed by atoms with Crippen LogP contribution < -0.4 is 16.0 Å². The predicted octanol–water partition coefficient (Wildman–Crippen LogP) is 0.297. The highest BCUT2D eigenvalue weighted by molar-refractivity contribution is 5.73. The van der Waals surface area contributed by atoms with Gasteiger partial charge in [0.25, 0.3) is 0 Å². The van der Waals surface area contributed by atoms with E-state index in [9.17, 15) is 4.79 Å². The molecule has 1 aromatic rings. The molecule has 1 aliphatic rings. The van der Waals surface area contributed by atoms with Crippen molar-refractivity contribution in [3.8, 4) is 0 Å². The Bertz CT molecular complexity index is 462. The van der Waals surface area contributed by atoms with E-state index in [2.05, 4.69) is 44.7 Å². The van der Waals surface area contributed by atoms with Crippen molar-refractivity contribution in [3.63, 3.8) is 0 Å². The number of nitrogens with one attached hydrogen (secondary N) is 3. The van der Waals surface area contributed by atoms with Gasteiger partial charge in [-0.2, -0.15) is 0 Å². The van der Waals surface area contributed by atoms with Gasteiger partial charge in [0, 0.05) is 51.7 Å². The lowest BCUT2D eigenvalue weighted by Gasteiger charge is -2.35. The molecule has 0 radical (unpaired) electrons. The van der Waals surface area contributed by atoms with Gasteiger partial charge in [0.15, 0.2) is 0 Å². The van der Waals surface area contributed by atoms with Gasteiger partial charge in [-0.05, 0) is 19.9 Å². The smallest absolute Gasteiger partial charge is 0.314 e. The summed E-state index contributed by atoms with van der Waals surface area (Å²) in [6.45, 7) is 8.52. The third-order valence-corrected chi connectivity index (χ3v) is 3.47. The topological polar surface area (TPSA) is 91.4 Å². The van der Waals surface area contributed by atoms with E-state index >= 15 is 0 Å². The Morgan fingerprint density at radius 2 is 1.83 bits per heavy atom. The number of morpholine rings is 1. The van der Waals surface area contributed by atoms with E-state index < -0.39 is 0 Å². The summed E-state index contributed by atoms with van der Waals surface area (Å²) in [4.78, 5) is 22.1. The maximum atomic E-state index is 11.7. The molecule has 23 heavy (non-hydrogen) atoms. The van der Waals surface area contributed by atoms with Gasteiger partial charge in [-0.15, -0.1) is 0 Å². The summed E-state index contributed by atoms with van der Waals surface area (Å²) in [5.74, 6) is 0.560. The fourth-order valence-electron chi connectivity index (χ4n) is 2.60. The SMILES string of the molecule is CC1CN(CCNC(=O)NCCNc2ncccn2)CC(C)O1. The second-order valence-electron chi connectivity index (χ2n) is 5.70. The molecule has 2 atom stereocenters. The molecular weight excluding hydrogens is 296 g/mol. The summed E-state index contributed by atoms with van der Waals surface area (Å²) < 4.78 is 5.69. The van der Waals surface area contributed by atoms with E-state index in [1.165, 1.54) is 0 Å². The predicted molar refractivity (Wildman–Crippen MR) is 88.4 cm³/mol. The van der Waals surface area contributed by atoms with E-state index in [-0.39, 0.29) is 18.2 Å². The van der Waals surface area contributed by atoms with E-state index in [0.717, 1.165) is 19.6 Å². The molecule has 1 aliphatic heterocycles. The number of anilines is 1. The van der Waals surface area contributed by atoms with Gasteiger partial charge in [0.05, 0.1) is 12.2 Å². The van der Waals surface area contributed by atoms with Crippen LogP contribution in [0.3, 0.4) is 0 Å². The van der Waals surface area contributed by atoms with Crippen molar-refractivity contribution in [3.05, 3.63) is 18.5 Å². The molecule has 0 aliphatic carbocycles. The fraction of sp³-hybridized carbons (Fsp3) is 0.667. The van der Waals surface area contributed by atoms with Crippen molar-refractivity contribution < 1.29 is 9.53 Å². The molecule has 0 aromatic carbocycles. The standard InChI is InChI=1S/C15H26N6O2/c1-12-10-21(11-13(2)23-12)9-8-20-15(22)19-7-6-18-14-16-4-3-5-17-14/h3-5,12-13H,6-11H2,1-2H3,(H,16,17,18)(H2,19,20,22). The summed E-state index contributed by atoms with van der Waals surface area (Å²) in [6.07, 6.45) is 3.84. The Labute approximate surface area is 137 Å². The van der Waals surface area contributed by atoms with Crippen LogP contribution in [0.25, 0.3) is 0 Å². The minimum absolute atomic E-state index is 0.157. The Morgan fingerprint density at radius 1 is 1.17 bits per heavy atom. The first-order valence-corrected chi connectivity index (χ1v) is 8.04. The maximum Gasteiger partial charge on any atom is 0.314 e. The molecule has 1 fully saturated rings. The number of carbonyl (C=O) groups is 1. The lowest BCUT2D eigenvalue weighted by Crippen LogP contribution is -2.48. The first-order chi connectivity index (χ1) is 11.1. The highest BCUT2D eigenvalue weighted by atomic mass is 16.5.